The van der Waals surface area contributed by atoms with Crippen LogP contribution in [0.2, 0.25) is 0 Å². The van der Waals surface area contributed by atoms with Crippen LogP contribution in [0.3, 0.4) is 0 Å². The lowest BCUT2D eigenvalue weighted by molar-refractivity contribution is 0.918. The molecular formula is C12H15N5S. The third-order valence-corrected chi connectivity index (χ3v) is 2.81. The van der Waals surface area contributed by atoms with Gasteiger partial charge >= 0.3 is 0 Å². The molecule has 0 amide bonds. The van der Waals surface area contributed by atoms with Gasteiger partial charge in [-0.25, -0.2) is 9.97 Å². The zero-order valence-corrected chi connectivity index (χ0v) is 11.0. The van der Waals surface area contributed by atoms with E-state index in [2.05, 4.69) is 45.9 Å². The standard InChI is InChI=1S/C12H15N5S/c1-2-3-8-4-5-9(10(18)6-8)16-12-15-7-14-11(13)17-12/h4-7,18H,2-3H2,1H3,(H3,13,14,15,16,17). The number of nitrogens with zero attached hydrogens (tertiary/aromatic N) is 3. The quantitative estimate of drug-likeness (QED) is 0.737. The van der Waals surface area contributed by atoms with E-state index in [4.69, 9.17) is 5.73 Å². The number of nitrogens with one attached hydrogen (secondary N) is 1. The van der Waals surface area contributed by atoms with Crippen molar-refractivity contribution in [3.05, 3.63) is 30.1 Å². The van der Waals surface area contributed by atoms with E-state index in [9.17, 15) is 0 Å². The predicted octanol–water partition coefficient (Wildman–Crippen LogP) is 2.44. The van der Waals surface area contributed by atoms with E-state index < -0.39 is 0 Å². The van der Waals surface area contributed by atoms with E-state index >= 15 is 0 Å². The first kappa shape index (κ1) is 12.6. The lowest BCUT2D eigenvalue weighted by Crippen LogP contribution is -2.02. The Morgan fingerprint density at radius 1 is 1.33 bits per heavy atom. The van der Waals surface area contributed by atoms with Crippen molar-refractivity contribution < 1.29 is 0 Å². The molecule has 5 nitrogen and oxygen atoms in total. The van der Waals surface area contributed by atoms with Crippen LogP contribution in [0.5, 0.6) is 0 Å². The number of nitrogen functional groups attached to an aromatic ring is 1. The highest BCUT2D eigenvalue weighted by Crippen LogP contribution is 2.24. The number of benzene rings is 1. The van der Waals surface area contributed by atoms with Crippen LogP contribution in [0.1, 0.15) is 18.9 Å². The van der Waals surface area contributed by atoms with Crippen molar-refractivity contribution in [3.63, 3.8) is 0 Å². The molecule has 0 aliphatic carbocycles. The minimum atomic E-state index is 0.191. The fraction of sp³-hybridized carbons (Fsp3) is 0.250. The monoisotopic (exact) mass is 261 g/mol. The summed E-state index contributed by atoms with van der Waals surface area (Å²) in [6.45, 7) is 2.15. The first-order valence-electron chi connectivity index (χ1n) is 5.72. The molecule has 0 saturated heterocycles. The molecule has 1 aromatic carbocycles. The van der Waals surface area contributed by atoms with Gasteiger partial charge in [0.25, 0.3) is 0 Å². The van der Waals surface area contributed by atoms with Crippen molar-refractivity contribution in [2.75, 3.05) is 11.1 Å². The molecule has 0 atom stereocenters. The summed E-state index contributed by atoms with van der Waals surface area (Å²) in [5.41, 5.74) is 7.61. The van der Waals surface area contributed by atoms with Gasteiger partial charge in [-0.15, -0.1) is 12.6 Å². The van der Waals surface area contributed by atoms with Crippen LogP contribution in [-0.4, -0.2) is 15.0 Å². The van der Waals surface area contributed by atoms with Crippen LogP contribution >= 0.6 is 12.6 Å². The molecule has 2 aromatic rings. The second-order valence-electron chi connectivity index (χ2n) is 3.89. The van der Waals surface area contributed by atoms with E-state index in [0.29, 0.717) is 5.95 Å². The molecule has 2 rings (SSSR count). The maximum Gasteiger partial charge on any atom is 0.232 e. The molecule has 0 fully saturated rings. The van der Waals surface area contributed by atoms with Crippen molar-refractivity contribution in [2.24, 2.45) is 0 Å². The summed E-state index contributed by atoms with van der Waals surface area (Å²) in [5.74, 6) is 0.608. The second kappa shape index (κ2) is 5.68. The van der Waals surface area contributed by atoms with E-state index in [1.165, 1.54) is 11.9 Å². The van der Waals surface area contributed by atoms with E-state index in [-0.39, 0.29) is 5.95 Å². The summed E-state index contributed by atoms with van der Waals surface area (Å²) < 4.78 is 0. The van der Waals surface area contributed by atoms with Gasteiger partial charge in [0.1, 0.15) is 6.33 Å². The fourth-order valence-corrected chi connectivity index (χ4v) is 1.91. The topological polar surface area (TPSA) is 76.7 Å². The molecule has 3 N–H and O–H groups in total. The Labute approximate surface area is 111 Å². The molecule has 6 heteroatoms. The van der Waals surface area contributed by atoms with Gasteiger partial charge in [0.05, 0.1) is 5.69 Å². The summed E-state index contributed by atoms with van der Waals surface area (Å²) in [4.78, 5) is 12.6. The summed E-state index contributed by atoms with van der Waals surface area (Å²) >= 11 is 4.45. The zero-order valence-electron chi connectivity index (χ0n) is 10.1. The average Bonchev–Trinajstić information content (AvgIpc) is 2.33. The number of anilines is 3. The first-order valence-corrected chi connectivity index (χ1v) is 6.17. The Hall–Kier alpha value is -1.82. The molecule has 1 aromatic heterocycles. The van der Waals surface area contributed by atoms with Crippen molar-refractivity contribution in [1.82, 2.24) is 15.0 Å². The fourth-order valence-electron chi connectivity index (χ4n) is 1.62. The van der Waals surface area contributed by atoms with Crippen molar-refractivity contribution in [2.45, 2.75) is 24.7 Å². The molecular weight excluding hydrogens is 246 g/mol. The number of aromatic nitrogens is 3. The van der Waals surface area contributed by atoms with Crippen LogP contribution in [-0.2, 0) is 6.42 Å². The Bertz CT molecular complexity index is 544. The molecule has 0 radical (unpaired) electrons. The van der Waals surface area contributed by atoms with Crippen LogP contribution in [0.4, 0.5) is 17.6 Å². The predicted molar refractivity (Wildman–Crippen MR) is 75.2 cm³/mol. The SMILES string of the molecule is CCCc1ccc(Nc2ncnc(N)n2)c(S)c1. The van der Waals surface area contributed by atoms with Gasteiger partial charge in [0.15, 0.2) is 0 Å². The number of hydrogen-bond acceptors (Lipinski definition) is 6. The number of thiol groups is 1. The lowest BCUT2D eigenvalue weighted by atomic mass is 10.1. The van der Waals surface area contributed by atoms with Crippen molar-refractivity contribution >= 4 is 30.2 Å². The van der Waals surface area contributed by atoms with E-state index in [0.717, 1.165) is 23.4 Å². The second-order valence-corrected chi connectivity index (χ2v) is 4.38. The van der Waals surface area contributed by atoms with Crippen LogP contribution in [0, 0.1) is 0 Å². The van der Waals surface area contributed by atoms with Gasteiger partial charge in [-0.3, -0.25) is 0 Å². The Kier molecular flexibility index (Phi) is 3.99. The third-order valence-electron chi connectivity index (χ3n) is 2.44. The zero-order chi connectivity index (χ0) is 13.0. The average molecular weight is 261 g/mol. The molecule has 0 bridgehead atoms. The molecule has 0 unspecified atom stereocenters. The molecule has 0 spiro atoms. The highest BCUT2D eigenvalue weighted by molar-refractivity contribution is 7.80. The number of rotatable bonds is 4. The summed E-state index contributed by atoms with van der Waals surface area (Å²) in [7, 11) is 0. The third kappa shape index (κ3) is 3.10. The molecule has 0 saturated carbocycles. The highest BCUT2D eigenvalue weighted by Gasteiger charge is 2.03. The van der Waals surface area contributed by atoms with Crippen LogP contribution < -0.4 is 11.1 Å². The van der Waals surface area contributed by atoms with Crippen molar-refractivity contribution in [3.8, 4) is 0 Å². The van der Waals surface area contributed by atoms with Crippen LogP contribution in [0.25, 0.3) is 0 Å². The summed E-state index contributed by atoms with van der Waals surface area (Å²) in [5, 5.41) is 3.06. The molecule has 18 heavy (non-hydrogen) atoms. The van der Waals surface area contributed by atoms with Gasteiger partial charge in [0, 0.05) is 4.90 Å². The Morgan fingerprint density at radius 3 is 2.83 bits per heavy atom. The normalized spacial score (nSPS) is 10.3. The Balaban J connectivity index is 2.19. The Morgan fingerprint density at radius 2 is 2.17 bits per heavy atom. The largest absolute Gasteiger partial charge is 0.368 e. The smallest absolute Gasteiger partial charge is 0.232 e. The first-order chi connectivity index (χ1) is 8.69. The minimum absolute atomic E-state index is 0.191. The van der Waals surface area contributed by atoms with E-state index in [1.54, 1.807) is 0 Å². The minimum Gasteiger partial charge on any atom is -0.368 e. The van der Waals surface area contributed by atoms with Crippen LogP contribution in [0.15, 0.2) is 29.4 Å². The molecule has 0 aliphatic rings. The van der Waals surface area contributed by atoms with Crippen molar-refractivity contribution in [1.29, 1.82) is 0 Å². The lowest BCUT2D eigenvalue weighted by Gasteiger charge is -2.09. The van der Waals surface area contributed by atoms with Gasteiger partial charge in [-0.05, 0) is 24.1 Å². The highest BCUT2D eigenvalue weighted by atomic mass is 32.1. The maximum absolute atomic E-state index is 5.49. The van der Waals surface area contributed by atoms with Gasteiger partial charge in [-0.1, -0.05) is 19.4 Å². The van der Waals surface area contributed by atoms with Gasteiger partial charge in [0.2, 0.25) is 11.9 Å². The van der Waals surface area contributed by atoms with Gasteiger partial charge in [-0.2, -0.15) is 4.98 Å². The maximum atomic E-state index is 5.49. The number of aryl methyl sites for hydroxylation is 1. The summed E-state index contributed by atoms with van der Waals surface area (Å²) in [6.07, 6.45) is 3.53. The van der Waals surface area contributed by atoms with Gasteiger partial charge < -0.3 is 11.1 Å². The summed E-state index contributed by atoms with van der Waals surface area (Å²) in [6, 6.07) is 6.07. The number of nitrogens with two attached hydrogens (primary N) is 1. The van der Waals surface area contributed by atoms with E-state index in [1.807, 2.05) is 12.1 Å². The molecule has 0 aliphatic heterocycles. The molecule has 94 valence electrons. The molecule has 1 heterocycles. The number of hydrogen-bond donors (Lipinski definition) is 3.